The Labute approximate surface area is 182 Å². The molecule has 0 saturated heterocycles. The summed E-state index contributed by atoms with van der Waals surface area (Å²) < 4.78 is 2.39. The van der Waals surface area contributed by atoms with Gasteiger partial charge in [0.15, 0.2) is 0 Å². The highest BCUT2D eigenvalue weighted by molar-refractivity contribution is 6.10. The molecule has 0 fully saturated rings. The van der Waals surface area contributed by atoms with Crippen LogP contribution in [-0.2, 0) is 0 Å². The first-order valence-corrected chi connectivity index (χ1v) is 10.9. The summed E-state index contributed by atoms with van der Waals surface area (Å²) in [5.74, 6) is 0. The van der Waals surface area contributed by atoms with Gasteiger partial charge in [-0.05, 0) is 61.9 Å². The molecule has 31 heavy (non-hydrogen) atoms. The molecule has 5 aromatic rings. The van der Waals surface area contributed by atoms with Crippen molar-refractivity contribution in [1.82, 2.24) is 4.57 Å². The average molecular weight is 404 g/mol. The number of hydrogen-bond donors (Lipinski definition) is 0. The highest BCUT2D eigenvalue weighted by Gasteiger charge is 2.32. The van der Waals surface area contributed by atoms with Gasteiger partial charge in [0.05, 0.1) is 22.4 Å². The zero-order valence-electron chi connectivity index (χ0n) is 18.1. The first-order valence-electron chi connectivity index (χ1n) is 10.9. The minimum Gasteiger partial charge on any atom is -0.353 e. The Balaban J connectivity index is 1.67. The van der Waals surface area contributed by atoms with Crippen molar-refractivity contribution in [2.75, 3.05) is 16.8 Å². The van der Waals surface area contributed by atoms with E-state index in [2.05, 4.69) is 126 Å². The van der Waals surface area contributed by atoms with Crippen molar-refractivity contribution in [2.24, 2.45) is 0 Å². The third-order valence-electron chi connectivity index (χ3n) is 6.72. The summed E-state index contributed by atoms with van der Waals surface area (Å²) in [7, 11) is 2.18. The van der Waals surface area contributed by atoms with Gasteiger partial charge in [0.2, 0.25) is 0 Å². The summed E-state index contributed by atoms with van der Waals surface area (Å²) in [6.45, 7) is 4.51. The smallest absolute Gasteiger partial charge is 0.103 e. The Kier molecular flexibility index (Phi) is 3.87. The largest absolute Gasteiger partial charge is 0.353 e. The van der Waals surface area contributed by atoms with E-state index >= 15 is 0 Å². The van der Waals surface area contributed by atoms with Crippen molar-refractivity contribution in [3.63, 3.8) is 0 Å². The summed E-state index contributed by atoms with van der Waals surface area (Å²) in [6.07, 6.45) is 0.253. The van der Waals surface area contributed by atoms with Gasteiger partial charge < -0.3 is 14.4 Å². The number of rotatable bonds is 2. The number of aromatic nitrogens is 1. The molecular formula is C28H25N3. The summed E-state index contributed by atoms with van der Waals surface area (Å²) in [5.41, 5.74) is 8.77. The van der Waals surface area contributed by atoms with Crippen molar-refractivity contribution >= 4 is 38.9 Å². The molecule has 2 heterocycles. The van der Waals surface area contributed by atoms with Gasteiger partial charge in [-0.1, -0.05) is 48.5 Å². The van der Waals surface area contributed by atoms with E-state index in [-0.39, 0.29) is 6.17 Å². The Morgan fingerprint density at radius 2 is 1.32 bits per heavy atom. The topological polar surface area (TPSA) is 11.4 Å². The number of aryl methyl sites for hydroxylation is 1. The van der Waals surface area contributed by atoms with Gasteiger partial charge >= 0.3 is 0 Å². The average Bonchev–Trinajstić information content (AvgIpc) is 3.25. The van der Waals surface area contributed by atoms with E-state index in [0.29, 0.717) is 0 Å². The number of fused-ring (bicyclic) bond motifs is 4. The quantitative estimate of drug-likeness (QED) is 0.314. The van der Waals surface area contributed by atoms with Gasteiger partial charge in [-0.2, -0.15) is 0 Å². The van der Waals surface area contributed by atoms with Gasteiger partial charge in [-0.25, -0.2) is 0 Å². The lowest BCUT2D eigenvalue weighted by Crippen LogP contribution is -2.35. The molecule has 0 radical (unpaired) electrons. The lowest BCUT2D eigenvalue weighted by atomic mass is 10.1. The second-order valence-corrected chi connectivity index (χ2v) is 8.45. The number of hydrogen-bond acceptors (Lipinski definition) is 2. The summed E-state index contributed by atoms with van der Waals surface area (Å²) >= 11 is 0. The lowest BCUT2D eigenvalue weighted by Gasteiger charge is -2.29. The van der Waals surface area contributed by atoms with Crippen LogP contribution in [0.15, 0.2) is 91.0 Å². The predicted molar refractivity (Wildman–Crippen MR) is 132 cm³/mol. The van der Waals surface area contributed by atoms with Crippen LogP contribution >= 0.6 is 0 Å². The maximum atomic E-state index is 2.47. The molecule has 0 bridgehead atoms. The van der Waals surface area contributed by atoms with Crippen LogP contribution in [-0.4, -0.2) is 17.8 Å². The molecule has 0 unspecified atom stereocenters. The van der Waals surface area contributed by atoms with Crippen LogP contribution in [0.2, 0.25) is 0 Å². The van der Waals surface area contributed by atoms with Crippen molar-refractivity contribution in [3.05, 3.63) is 96.6 Å². The zero-order valence-corrected chi connectivity index (χ0v) is 18.1. The molecule has 1 aromatic heterocycles. The van der Waals surface area contributed by atoms with E-state index in [1.165, 1.54) is 50.1 Å². The van der Waals surface area contributed by atoms with Crippen LogP contribution in [0.4, 0.5) is 17.1 Å². The van der Waals surface area contributed by atoms with Gasteiger partial charge in [0.25, 0.3) is 0 Å². The molecule has 0 spiro atoms. The Hall–Kier alpha value is -3.72. The molecule has 3 heteroatoms. The van der Waals surface area contributed by atoms with Crippen molar-refractivity contribution < 1.29 is 0 Å². The first kappa shape index (κ1) is 18.1. The fraction of sp³-hybridized carbons (Fsp3) is 0.143. The summed E-state index contributed by atoms with van der Waals surface area (Å²) in [4.78, 5) is 4.82. The van der Waals surface area contributed by atoms with E-state index in [0.717, 1.165) is 0 Å². The predicted octanol–water partition coefficient (Wildman–Crippen LogP) is 7.03. The molecule has 1 aliphatic rings. The van der Waals surface area contributed by atoms with Crippen LogP contribution in [0.1, 0.15) is 12.5 Å². The number of para-hydroxylation sites is 4. The molecule has 0 amide bonds. The van der Waals surface area contributed by atoms with Crippen LogP contribution < -0.4 is 9.80 Å². The molecule has 0 N–H and O–H groups in total. The van der Waals surface area contributed by atoms with Crippen molar-refractivity contribution in [1.29, 1.82) is 0 Å². The fourth-order valence-corrected chi connectivity index (χ4v) is 5.10. The highest BCUT2D eigenvalue weighted by atomic mass is 15.4. The molecule has 0 saturated carbocycles. The number of benzene rings is 4. The minimum absolute atomic E-state index is 0.253. The number of anilines is 3. The minimum atomic E-state index is 0.253. The normalized spacial score (nSPS) is 15.8. The van der Waals surface area contributed by atoms with Gasteiger partial charge in [0, 0.05) is 29.2 Å². The summed E-state index contributed by atoms with van der Waals surface area (Å²) in [5, 5.41) is 2.59. The Morgan fingerprint density at radius 3 is 2.13 bits per heavy atom. The van der Waals surface area contributed by atoms with Gasteiger partial charge in [-0.3, -0.25) is 0 Å². The van der Waals surface area contributed by atoms with E-state index in [4.69, 9.17) is 0 Å². The maximum Gasteiger partial charge on any atom is 0.103 e. The Morgan fingerprint density at radius 1 is 0.645 bits per heavy atom. The van der Waals surface area contributed by atoms with Crippen LogP contribution in [0.5, 0.6) is 0 Å². The van der Waals surface area contributed by atoms with Crippen molar-refractivity contribution in [3.8, 4) is 5.69 Å². The molecule has 1 aliphatic heterocycles. The second-order valence-electron chi connectivity index (χ2n) is 8.45. The van der Waals surface area contributed by atoms with Crippen LogP contribution in [0.25, 0.3) is 27.5 Å². The molecule has 4 aromatic carbocycles. The molecule has 152 valence electrons. The standard InChI is InChI=1S/C28H25N3/c1-19-17-23-22-13-7-8-14-24(22)31(21-11-5-4-6-12-21)28(23)18-27(19)30-20(2)29(3)25-15-9-10-16-26(25)30/h4-18,20H,1-3H3/t20-/m0/s1. The van der Waals surface area contributed by atoms with Gasteiger partial charge in [0.1, 0.15) is 6.17 Å². The SMILES string of the molecule is Cc1cc2c3ccccc3n(-c3ccccc3)c2cc1N1c2ccccc2N(C)[C@@H]1C. The van der Waals surface area contributed by atoms with Crippen molar-refractivity contribution in [2.45, 2.75) is 20.0 Å². The van der Waals surface area contributed by atoms with E-state index in [1.807, 2.05) is 0 Å². The molecule has 1 atom stereocenters. The molecule has 0 aliphatic carbocycles. The monoisotopic (exact) mass is 403 g/mol. The third-order valence-corrected chi connectivity index (χ3v) is 6.72. The first-order chi connectivity index (χ1) is 15.1. The van der Waals surface area contributed by atoms with Crippen LogP contribution in [0.3, 0.4) is 0 Å². The lowest BCUT2D eigenvalue weighted by molar-refractivity contribution is 0.733. The fourth-order valence-electron chi connectivity index (χ4n) is 5.10. The van der Waals surface area contributed by atoms with Crippen LogP contribution in [0, 0.1) is 6.92 Å². The number of nitrogens with zero attached hydrogens (tertiary/aromatic N) is 3. The summed E-state index contributed by atoms with van der Waals surface area (Å²) in [6, 6.07) is 32.8. The molecule has 6 rings (SSSR count). The highest BCUT2D eigenvalue weighted by Crippen LogP contribution is 2.45. The van der Waals surface area contributed by atoms with Gasteiger partial charge in [-0.15, -0.1) is 0 Å². The van der Waals surface area contributed by atoms with E-state index < -0.39 is 0 Å². The maximum absolute atomic E-state index is 2.47. The third kappa shape index (κ3) is 2.53. The Bertz CT molecular complexity index is 1430. The zero-order chi connectivity index (χ0) is 21.1. The van der Waals surface area contributed by atoms with E-state index in [9.17, 15) is 0 Å². The second kappa shape index (κ2) is 6.64. The molecular weight excluding hydrogens is 378 g/mol. The van der Waals surface area contributed by atoms with E-state index in [1.54, 1.807) is 0 Å². The molecule has 3 nitrogen and oxygen atoms in total.